The van der Waals surface area contributed by atoms with Gasteiger partial charge in [0.1, 0.15) is 0 Å². The summed E-state index contributed by atoms with van der Waals surface area (Å²) < 4.78 is 0. The maximum Gasteiger partial charge on any atom is 0.0605 e. The quantitative estimate of drug-likeness (QED) is 0.738. The average Bonchev–Trinajstić information content (AvgIpc) is 2.84. The summed E-state index contributed by atoms with van der Waals surface area (Å²) in [6.45, 7) is 6.63. The van der Waals surface area contributed by atoms with E-state index in [1.54, 1.807) is 0 Å². The molecule has 0 atom stereocenters. The Morgan fingerprint density at radius 1 is 1.36 bits per heavy atom. The minimum atomic E-state index is -0.110. The second-order valence-corrected chi connectivity index (χ2v) is 5.34. The zero-order valence-electron chi connectivity index (χ0n) is 9.17. The van der Waals surface area contributed by atoms with E-state index in [1.807, 2.05) is 6.20 Å². The summed E-state index contributed by atoms with van der Waals surface area (Å²) in [7, 11) is 0. The molecule has 0 aromatic carbocycles. The lowest BCUT2D eigenvalue weighted by Crippen LogP contribution is -2.22. The Morgan fingerprint density at radius 3 is 2.50 bits per heavy atom. The molecule has 1 saturated carbocycles. The van der Waals surface area contributed by atoms with Crippen LogP contribution in [0.5, 0.6) is 0 Å². The lowest BCUT2D eigenvalue weighted by molar-refractivity contribution is 0.583. The molecule has 1 aromatic heterocycles. The third-order valence-electron chi connectivity index (χ3n) is 2.92. The molecule has 2 rings (SSSR count). The minimum Gasteiger partial charge on any atom is -0.320 e. The molecule has 1 aliphatic carbocycles. The molecule has 0 aliphatic heterocycles. The van der Waals surface area contributed by atoms with Crippen LogP contribution in [0.25, 0.3) is 0 Å². The van der Waals surface area contributed by atoms with Gasteiger partial charge in [0.15, 0.2) is 0 Å². The van der Waals surface area contributed by atoms with Gasteiger partial charge in [0.25, 0.3) is 0 Å². The van der Waals surface area contributed by atoms with Gasteiger partial charge in [-0.3, -0.25) is 4.98 Å². The molecule has 1 heterocycles. The molecule has 1 aliphatic rings. The second kappa shape index (κ2) is 2.80. The highest BCUT2D eigenvalue weighted by Gasteiger charge is 2.41. The molecule has 0 unspecified atom stereocenters. The van der Waals surface area contributed by atoms with Crippen molar-refractivity contribution in [3.05, 3.63) is 29.6 Å². The summed E-state index contributed by atoms with van der Waals surface area (Å²) in [5.74, 6) is 0. The third-order valence-corrected chi connectivity index (χ3v) is 2.92. The summed E-state index contributed by atoms with van der Waals surface area (Å²) in [6, 6.07) is 4.24. The fraction of sp³-hybridized carbons (Fsp3) is 0.583. The molecule has 76 valence electrons. The summed E-state index contributed by atoms with van der Waals surface area (Å²) in [4.78, 5) is 4.36. The number of pyridine rings is 1. The molecule has 0 amide bonds. The SMILES string of the molecule is CC(C)(C)c1ccnc(C2(N)CC2)c1. The average molecular weight is 190 g/mol. The Bertz CT molecular complexity index is 325. The molecule has 0 saturated heterocycles. The molecule has 0 spiro atoms. The van der Waals surface area contributed by atoms with Crippen molar-refractivity contribution < 1.29 is 0 Å². The van der Waals surface area contributed by atoms with E-state index in [0.29, 0.717) is 0 Å². The molecule has 0 bridgehead atoms. The van der Waals surface area contributed by atoms with E-state index in [9.17, 15) is 0 Å². The monoisotopic (exact) mass is 190 g/mol. The number of rotatable bonds is 1. The zero-order valence-corrected chi connectivity index (χ0v) is 9.17. The predicted molar refractivity (Wildman–Crippen MR) is 58.0 cm³/mol. The van der Waals surface area contributed by atoms with Crippen LogP contribution in [0.15, 0.2) is 18.3 Å². The first kappa shape index (κ1) is 9.66. The standard InChI is InChI=1S/C12H18N2/c1-11(2,3)9-4-7-14-10(8-9)12(13)5-6-12/h4,7-8H,5-6,13H2,1-3H3. The fourth-order valence-electron chi connectivity index (χ4n) is 1.56. The molecular formula is C12H18N2. The number of hydrogen-bond acceptors (Lipinski definition) is 2. The van der Waals surface area contributed by atoms with Gasteiger partial charge in [0.05, 0.1) is 11.2 Å². The van der Waals surface area contributed by atoms with Crippen molar-refractivity contribution in [1.82, 2.24) is 4.98 Å². The van der Waals surface area contributed by atoms with Crippen LogP contribution in [-0.2, 0) is 11.0 Å². The highest BCUT2D eigenvalue weighted by atomic mass is 14.9. The number of nitrogens with zero attached hydrogens (tertiary/aromatic N) is 1. The van der Waals surface area contributed by atoms with Gasteiger partial charge in [-0.25, -0.2) is 0 Å². The van der Waals surface area contributed by atoms with Crippen LogP contribution >= 0.6 is 0 Å². The highest BCUT2D eigenvalue weighted by molar-refractivity contribution is 5.30. The first-order chi connectivity index (χ1) is 6.42. The maximum absolute atomic E-state index is 6.12. The van der Waals surface area contributed by atoms with Gasteiger partial charge in [-0.05, 0) is 36.0 Å². The molecule has 1 fully saturated rings. The van der Waals surface area contributed by atoms with Crippen molar-refractivity contribution in [2.75, 3.05) is 0 Å². The van der Waals surface area contributed by atoms with Gasteiger partial charge in [-0.1, -0.05) is 20.8 Å². The Balaban J connectivity index is 2.37. The van der Waals surface area contributed by atoms with Gasteiger partial charge < -0.3 is 5.73 Å². The largest absolute Gasteiger partial charge is 0.320 e. The Labute approximate surface area is 85.5 Å². The molecular weight excluding hydrogens is 172 g/mol. The summed E-state index contributed by atoms with van der Waals surface area (Å²) in [5.41, 5.74) is 8.57. The predicted octanol–water partition coefficient (Wildman–Crippen LogP) is 2.33. The molecule has 1 aromatic rings. The lowest BCUT2D eigenvalue weighted by atomic mass is 9.87. The van der Waals surface area contributed by atoms with Crippen molar-refractivity contribution in [1.29, 1.82) is 0 Å². The van der Waals surface area contributed by atoms with E-state index in [1.165, 1.54) is 5.56 Å². The van der Waals surface area contributed by atoms with Gasteiger partial charge in [0, 0.05) is 6.20 Å². The van der Waals surface area contributed by atoms with Gasteiger partial charge >= 0.3 is 0 Å². The van der Waals surface area contributed by atoms with Crippen molar-refractivity contribution in [2.24, 2.45) is 5.73 Å². The highest BCUT2D eigenvalue weighted by Crippen LogP contribution is 2.42. The Morgan fingerprint density at radius 2 is 2.00 bits per heavy atom. The number of hydrogen-bond donors (Lipinski definition) is 1. The van der Waals surface area contributed by atoms with E-state index in [2.05, 4.69) is 37.9 Å². The molecule has 14 heavy (non-hydrogen) atoms. The Hall–Kier alpha value is -0.890. The Kier molecular flexibility index (Phi) is 1.93. The van der Waals surface area contributed by atoms with Gasteiger partial charge in [-0.2, -0.15) is 0 Å². The van der Waals surface area contributed by atoms with Crippen LogP contribution in [0.4, 0.5) is 0 Å². The smallest absolute Gasteiger partial charge is 0.0605 e. The van der Waals surface area contributed by atoms with Crippen LogP contribution in [0.1, 0.15) is 44.9 Å². The molecule has 2 N–H and O–H groups in total. The van der Waals surface area contributed by atoms with Crippen LogP contribution in [0.2, 0.25) is 0 Å². The van der Waals surface area contributed by atoms with Crippen LogP contribution in [0.3, 0.4) is 0 Å². The van der Waals surface area contributed by atoms with Crippen molar-refractivity contribution in [2.45, 2.75) is 44.6 Å². The minimum absolute atomic E-state index is 0.110. The molecule has 0 radical (unpaired) electrons. The normalized spacial score (nSPS) is 19.4. The zero-order chi connectivity index (χ0) is 10.4. The van der Waals surface area contributed by atoms with E-state index in [0.717, 1.165) is 18.5 Å². The van der Waals surface area contributed by atoms with Crippen LogP contribution in [0, 0.1) is 0 Å². The number of aromatic nitrogens is 1. The van der Waals surface area contributed by atoms with Crippen molar-refractivity contribution in [3.8, 4) is 0 Å². The van der Waals surface area contributed by atoms with Crippen molar-refractivity contribution in [3.63, 3.8) is 0 Å². The van der Waals surface area contributed by atoms with Crippen LogP contribution < -0.4 is 5.73 Å². The summed E-state index contributed by atoms with van der Waals surface area (Å²) >= 11 is 0. The third kappa shape index (κ3) is 1.67. The fourth-order valence-corrected chi connectivity index (χ4v) is 1.56. The maximum atomic E-state index is 6.12. The first-order valence-electron chi connectivity index (χ1n) is 5.18. The van der Waals surface area contributed by atoms with E-state index in [-0.39, 0.29) is 11.0 Å². The lowest BCUT2D eigenvalue weighted by Gasteiger charge is -2.20. The number of nitrogens with two attached hydrogens (primary N) is 1. The van der Waals surface area contributed by atoms with E-state index < -0.39 is 0 Å². The molecule has 2 heteroatoms. The van der Waals surface area contributed by atoms with Crippen LogP contribution in [-0.4, -0.2) is 4.98 Å². The molecule has 2 nitrogen and oxygen atoms in total. The second-order valence-electron chi connectivity index (χ2n) is 5.34. The topological polar surface area (TPSA) is 38.9 Å². The van der Waals surface area contributed by atoms with Gasteiger partial charge in [-0.15, -0.1) is 0 Å². The summed E-state index contributed by atoms with van der Waals surface area (Å²) in [5, 5.41) is 0. The first-order valence-corrected chi connectivity index (χ1v) is 5.18. The van der Waals surface area contributed by atoms with E-state index >= 15 is 0 Å². The van der Waals surface area contributed by atoms with E-state index in [4.69, 9.17) is 5.73 Å². The van der Waals surface area contributed by atoms with Gasteiger partial charge in [0.2, 0.25) is 0 Å². The summed E-state index contributed by atoms with van der Waals surface area (Å²) in [6.07, 6.45) is 4.03. The van der Waals surface area contributed by atoms with Crippen molar-refractivity contribution >= 4 is 0 Å².